The van der Waals surface area contributed by atoms with E-state index in [1.165, 1.54) is 0 Å². The van der Waals surface area contributed by atoms with Gasteiger partial charge in [0.2, 0.25) is 0 Å². The number of aromatic nitrogens is 2. The van der Waals surface area contributed by atoms with Crippen molar-refractivity contribution in [2.75, 3.05) is 7.05 Å². The van der Waals surface area contributed by atoms with Crippen LogP contribution >= 0.6 is 0 Å². The number of rotatable bonds is 6. The standard InChI is InChI=1S/C13H23N3O/c1-6-10(4)17-12-8-15-13(9(2)3)16-11(12)7-14-5/h8-10,14H,6-7H2,1-5H3. The molecule has 0 saturated heterocycles. The molecule has 0 aliphatic carbocycles. The third-order valence-corrected chi connectivity index (χ3v) is 2.61. The molecule has 0 amide bonds. The molecule has 0 radical (unpaired) electrons. The Kier molecular flexibility index (Phi) is 5.35. The van der Waals surface area contributed by atoms with Gasteiger partial charge >= 0.3 is 0 Å². The Morgan fingerprint density at radius 2 is 2.06 bits per heavy atom. The molecule has 1 atom stereocenters. The molecule has 0 aromatic carbocycles. The molecule has 0 fully saturated rings. The fourth-order valence-electron chi connectivity index (χ4n) is 1.39. The minimum atomic E-state index is 0.194. The van der Waals surface area contributed by atoms with Gasteiger partial charge in [-0.25, -0.2) is 9.97 Å². The molecular weight excluding hydrogens is 214 g/mol. The first-order valence-corrected chi connectivity index (χ1v) is 6.25. The lowest BCUT2D eigenvalue weighted by Crippen LogP contribution is -2.16. The fourth-order valence-corrected chi connectivity index (χ4v) is 1.39. The quantitative estimate of drug-likeness (QED) is 0.825. The lowest BCUT2D eigenvalue weighted by Gasteiger charge is -2.16. The highest BCUT2D eigenvalue weighted by Crippen LogP contribution is 2.20. The summed E-state index contributed by atoms with van der Waals surface area (Å²) in [6, 6.07) is 0. The van der Waals surface area contributed by atoms with Crippen molar-refractivity contribution < 1.29 is 4.74 Å². The van der Waals surface area contributed by atoms with Gasteiger partial charge in [0, 0.05) is 12.5 Å². The minimum Gasteiger partial charge on any atom is -0.487 e. The van der Waals surface area contributed by atoms with E-state index in [-0.39, 0.29) is 6.10 Å². The van der Waals surface area contributed by atoms with E-state index in [0.717, 1.165) is 23.7 Å². The number of ether oxygens (including phenoxy) is 1. The van der Waals surface area contributed by atoms with Gasteiger partial charge in [-0.1, -0.05) is 20.8 Å². The molecule has 0 aliphatic rings. The summed E-state index contributed by atoms with van der Waals surface area (Å²) >= 11 is 0. The predicted octanol–water partition coefficient (Wildman–Crippen LogP) is 2.50. The Bertz CT molecular complexity index is 353. The monoisotopic (exact) mass is 237 g/mol. The van der Waals surface area contributed by atoms with Crippen LogP contribution < -0.4 is 10.1 Å². The first-order valence-electron chi connectivity index (χ1n) is 6.25. The maximum absolute atomic E-state index is 5.82. The van der Waals surface area contributed by atoms with Crippen molar-refractivity contribution in [3.05, 3.63) is 17.7 Å². The Morgan fingerprint density at radius 3 is 2.59 bits per heavy atom. The van der Waals surface area contributed by atoms with E-state index in [1.807, 2.05) is 7.05 Å². The molecule has 1 aromatic rings. The summed E-state index contributed by atoms with van der Waals surface area (Å²) in [6.07, 6.45) is 2.96. The normalized spacial score (nSPS) is 12.8. The lowest BCUT2D eigenvalue weighted by atomic mass is 10.2. The maximum Gasteiger partial charge on any atom is 0.160 e. The van der Waals surface area contributed by atoms with Gasteiger partial charge in [-0.05, 0) is 20.4 Å². The number of hydrogen-bond acceptors (Lipinski definition) is 4. The van der Waals surface area contributed by atoms with Crippen molar-refractivity contribution >= 4 is 0 Å². The van der Waals surface area contributed by atoms with Crippen LogP contribution in [0.5, 0.6) is 5.75 Å². The van der Waals surface area contributed by atoms with E-state index in [0.29, 0.717) is 12.5 Å². The largest absolute Gasteiger partial charge is 0.487 e. The highest BCUT2D eigenvalue weighted by atomic mass is 16.5. The molecule has 0 aliphatic heterocycles. The molecule has 1 aromatic heterocycles. The van der Waals surface area contributed by atoms with Gasteiger partial charge in [0.05, 0.1) is 18.0 Å². The molecule has 1 rings (SSSR count). The number of nitrogens with one attached hydrogen (secondary N) is 1. The first kappa shape index (κ1) is 13.9. The van der Waals surface area contributed by atoms with Crippen LogP contribution in [0.3, 0.4) is 0 Å². The van der Waals surface area contributed by atoms with Crippen molar-refractivity contribution in [2.45, 2.75) is 52.7 Å². The second-order valence-corrected chi connectivity index (χ2v) is 4.56. The molecule has 0 saturated carbocycles. The fraction of sp³-hybridized carbons (Fsp3) is 0.692. The SMILES string of the molecule is CCC(C)Oc1cnc(C(C)C)nc1CNC. The summed E-state index contributed by atoms with van der Waals surface area (Å²) in [5.41, 5.74) is 0.937. The summed E-state index contributed by atoms with van der Waals surface area (Å²) in [7, 11) is 1.91. The Balaban J connectivity index is 2.95. The van der Waals surface area contributed by atoms with Gasteiger partial charge in [0.1, 0.15) is 5.82 Å². The van der Waals surface area contributed by atoms with E-state index in [4.69, 9.17) is 4.74 Å². The molecular formula is C13H23N3O. The van der Waals surface area contributed by atoms with Crippen LogP contribution in [0.15, 0.2) is 6.20 Å². The van der Waals surface area contributed by atoms with E-state index in [1.54, 1.807) is 6.20 Å². The summed E-state index contributed by atoms with van der Waals surface area (Å²) in [4.78, 5) is 8.90. The summed E-state index contributed by atoms with van der Waals surface area (Å²) in [6.45, 7) is 9.04. The molecule has 1 N–H and O–H groups in total. The Morgan fingerprint density at radius 1 is 1.35 bits per heavy atom. The summed E-state index contributed by atoms with van der Waals surface area (Å²) < 4.78 is 5.82. The van der Waals surface area contributed by atoms with Crippen LogP contribution in [-0.2, 0) is 6.54 Å². The van der Waals surface area contributed by atoms with Crippen LogP contribution in [0.4, 0.5) is 0 Å². The van der Waals surface area contributed by atoms with Gasteiger partial charge < -0.3 is 10.1 Å². The molecule has 0 bridgehead atoms. The zero-order valence-corrected chi connectivity index (χ0v) is 11.4. The second-order valence-electron chi connectivity index (χ2n) is 4.56. The third kappa shape index (κ3) is 3.97. The zero-order valence-electron chi connectivity index (χ0n) is 11.4. The number of nitrogens with zero attached hydrogens (tertiary/aromatic N) is 2. The van der Waals surface area contributed by atoms with Crippen molar-refractivity contribution in [1.29, 1.82) is 0 Å². The Hall–Kier alpha value is -1.16. The van der Waals surface area contributed by atoms with E-state index in [9.17, 15) is 0 Å². The average Bonchev–Trinajstić information content (AvgIpc) is 2.31. The Labute approximate surface area is 104 Å². The minimum absolute atomic E-state index is 0.194. The smallest absolute Gasteiger partial charge is 0.160 e. The second kappa shape index (κ2) is 6.55. The topological polar surface area (TPSA) is 47.0 Å². The van der Waals surface area contributed by atoms with Crippen molar-refractivity contribution in [2.24, 2.45) is 0 Å². The molecule has 96 valence electrons. The highest BCUT2D eigenvalue weighted by Gasteiger charge is 2.12. The van der Waals surface area contributed by atoms with E-state index < -0.39 is 0 Å². The van der Waals surface area contributed by atoms with Crippen LogP contribution in [-0.4, -0.2) is 23.1 Å². The lowest BCUT2D eigenvalue weighted by molar-refractivity contribution is 0.212. The highest BCUT2D eigenvalue weighted by molar-refractivity contribution is 5.25. The summed E-state index contributed by atoms with van der Waals surface area (Å²) in [5.74, 6) is 1.99. The molecule has 4 heteroatoms. The van der Waals surface area contributed by atoms with Crippen LogP contribution in [0, 0.1) is 0 Å². The van der Waals surface area contributed by atoms with Crippen molar-refractivity contribution in [1.82, 2.24) is 15.3 Å². The van der Waals surface area contributed by atoms with E-state index in [2.05, 4.69) is 43.0 Å². The van der Waals surface area contributed by atoms with Gasteiger partial charge in [-0.15, -0.1) is 0 Å². The first-order chi connectivity index (χ1) is 8.08. The third-order valence-electron chi connectivity index (χ3n) is 2.61. The van der Waals surface area contributed by atoms with Gasteiger partial charge in [-0.3, -0.25) is 0 Å². The van der Waals surface area contributed by atoms with Crippen LogP contribution in [0.2, 0.25) is 0 Å². The zero-order chi connectivity index (χ0) is 12.8. The van der Waals surface area contributed by atoms with Crippen LogP contribution in [0.1, 0.15) is 51.6 Å². The number of hydrogen-bond donors (Lipinski definition) is 1. The van der Waals surface area contributed by atoms with E-state index >= 15 is 0 Å². The average molecular weight is 237 g/mol. The molecule has 4 nitrogen and oxygen atoms in total. The molecule has 0 spiro atoms. The van der Waals surface area contributed by atoms with Gasteiger partial charge in [0.15, 0.2) is 5.75 Å². The molecule has 1 unspecified atom stereocenters. The predicted molar refractivity (Wildman–Crippen MR) is 69.3 cm³/mol. The van der Waals surface area contributed by atoms with Crippen LogP contribution in [0.25, 0.3) is 0 Å². The maximum atomic E-state index is 5.82. The van der Waals surface area contributed by atoms with Gasteiger partial charge in [0.25, 0.3) is 0 Å². The molecule has 1 heterocycles. The molecule has 17 heavy (non-hydrogen) atoms. The van der Waals surface area contributed by atoms with Crippen molar-refractivity contribution in [3.8, 4) is 5.75 Å². The summed E-state index contributed by atoms with van der Waals surface area (Å²) in [5, 5.41) is 3.11. The van der Waals surface area contributed by atoms with Gasteiger partial charge in [-0.2, -0.15) is 0 Å². The van der Waals surface area contributed by atoms with Crippen molar-refractivity contribution in [3.63, 3.8) is 0 Å².